The maximum absolute atomic E-state index is 7.83. The summed E-state index contributed by atoms with van der Waals surface area (Å²) in [6.45, 7) is 0. The van der Waals surface area contributed by atoms with Crippen LogP contribution in [-0.2, 0) is 12.5 Å². The van der Waals surface area contributed by atoms with Crippen molar-refractivity contribution in [1.29, 1.82) is 0 Å². The van der Waals surface area contributed by atoms with Crippen LogP contribution in [0.2, 0.25) is 0 Å². The molecular formula is LiOPS. The molecule has 0 bridgehead atoms. The zero-order valence-electron chi connectivity index (χ0n) is 2.26. The van der Waals surface area contributed by atoms with Crippen molar-refractivity contribution in [2.24, 2.45) is 0 Å². The Morgan fingerprint density at radius 2 is 1.25 bits per heavy atom. The molecule has 4 heteroatoms. The maximum Gasteiger partial charge on any atom is 0.197 e. The van der Waals surface area contributed by atoms with Crippen molar-refractivity contribution in [2.45, 2.75) is 0 Å². The minimum atomic E-state index is 0. The monoisotopic (exact) mass is 86.0 g/mol. The Morgan fingerprint density at radius 1 is 1.25 bits per heavy atom. The van der Waals surface area contributed by atoms with Gasteiger partial charge >= 0.3 is 0 Å². The van der Waals surface area contributed by atoms with Gasteiger partial charge in [0.15, 0.2) is 12.5 Å². The zero-order chi connectivity index (χ0) is 2.00. The molecule has 0 unspecified atom stereocenters. The summed E-state index contributed by atoms with van der Waals surface area (Å²) in [5, 5.41) is 0. The minimum absolute atomic E-state index is 0. The van der Waals surface area contributed by atoms with Crippen LogP contribution in [0.3, 0.4) is 0 Å². The van der Waals surface area contributed by atoms with Gasteiger partial charge in [-0.2, -0.15) is 4.21 Å². The molecule has 0 amide bonds. The van der Waals surface area contributed by atoms with E-state index in [9.17, 15) is 0 Å². The first-order valence-electron chi connectivity index (χ1n) is 0.167. The van der Waals surface area contributed by atoms with Gasteiger partial charge in [0.1, 0.15) is 0 Å². The minimum Gasteiger partial charge on any atom is -0.197 e. The molecule has 0 aliphatic carbocycles. The Labute approximate surface area is 45.9 Å². The third-order valence-corrected chi connectivity index (χ3v) is 0. The number of hydrogen-bond donors (Lipinski definition) is 0. The number of rotatable bonds is 0. The second-order valence-electron chi connectivity index (χ2n) is 0. The molecule has 0 rings (SSSR count). The average molecular weight is 86.0 g/mol. The van der Waals surface area contributed by atoms with Crippen molar-refractivity contribution >= 4 is 41.3 Å². The molecule has 0 fully saturated rings. The Balaban J connectivity index is -0.00000000500. The summed E-state index contributed by atoms with van der Waals surface area (Å²) in [6.07, 6.45) is 0. The molecule has 0 aromatic heterocycles. The van der Waals surface area contributed by atoms with Gasteiger partial charge in [-0.3, -0.25) is 0 Å². The van der Waals surface area contributed by atoms with Crippen LogP contribution < -0.4 is 0 Å². The summed E-state index contributed by atoms with van der Waals surface area (Å²) >= 11 is 2.83. The SMILES string of the molecule is O=S.[Li].[P]. The molecule has 4 radical (unpaired) electrons. The zero-order valence-corrected chi connectivity index (χ0v) is 3.97. The normalized spacial score (nSPS) is 1.00. The van der Waals surface area contributed by atoms with E-state index in [-0.39, 0.29) is 28.8 Å². The quantitative estimate of drug-likeness (QED) is 0.308. The second-order valence-corrected chi connectivity index (χ2v) is 0. The Kier molecular flexibility index (Phi) is 169. The summed E-state index contributed by atoms with van der Waals surface area (Å²) in [5.74, 6) is 0. The van der Waals surface area contributed by atoms with E-state index >= 15 is 0 Å². The van der Waals surface area contributed by atoms with Gasteiger partial charge in [0, 0.05) is 28.8 Å². The Bertz CT molecular complexity index is 8.00. The van der Waals surface area contributed by atoms with Crippen molar-refractivity contribution < 1.29 is 4.21 Å². The van der Waals surface area contributed by atoms with Crippen molar-refractivity contribution in [1.82, 2.24) is 0 Å². The molecule has 0 spiro atoms. The largest absolute Gasteiger partial charge is 0.197 e. The molecule has 0 aliphatic heterocycles. The first-order chi connectivity index (χ1) is 1.00. The predicted octanol–water partition coefficient (Wildman–Crippen LogP) is 0.144. The van der Waals surface area contributed by atoms with Crippen molar-refractivity contribution in [2.75, 3.05) is 0 Å². The first-order valence-corrected chi connectivity index (χ1v) is 0.500. The predicted molar refractivity (Wildman–Crippen MR) is 20.8 cm³/mol. The van der Waals surface area contributed by atoms with Crippen LogP contribution in [0.1, 0.15) is 0 Å². The van der Waals surface area contributed by atoms with E-state index in [1.807, 2.05) is 0 Å². The molecule has 0 heterocycles. The van der Waals surface area contributed by atoms with Crippen molar-refractivity contribution in [3.05, 3.63) is 0 Å². The molecule has 0 saturated carbocycles. The van der Waals surface area contributed by atoms with Gasteiger partial charge in [0.05, 0.1) is 0 Å². The van der Waals surface area contributed by atoms with Crippen LogP contribution in [0.5, 0.6) is 0 Å². The molecule has 0 aliphatic rings. The van der Waals surface area contributed by atoms with Gasteiger partial charge in [-0.05, 0) is 0 Å². The third kappa shape index (κ3) is 11.6. The molecule has 1 nitrogen and oxygen atoms in total. The summed E-state index contributed by atoms with van der Waals surface area (Å²) in [7, 11) is 0. The topological polar surface area (TPSA) is 17.1 Å². The third-order valence-electron chi connectivity index (χ3n) is 0. The molecule has 0 atom stereocenters. The van der Waals surface area contributed by atoms with Gasteiger partial charge in [0.25, 0.3) is 0 Å². The summed E-state index contributed by atoms with van der Waals surface area (Å²) in [6, 6.07) is 0. The van der Waals surface area contributed by atoms with E-state index in [0.29, 0.717) is 0 Å². The fourth-order valence-electron chi connectivity index (χ4n) is 0. The van der Waals surface area contributed by atoms with E-state index in [1.54, 1.807) is 0 Å². The van der Waals surface area contributed by atoms with Gasteiger partial charge in [-0.25, -0.2) is 0 Å². The fourth-order valence-corrected chi connectivity index (χ4v) is 0. The van der Waals surface area contributed by atoms with Crippen LogP contribution in [0.15, 0.2) is 0 Å². The molecule has 0 saturated heterocycles. The molecule has 0 aromatic carbocycles. The van der Waals surface area contributed by atoms with Crippen LogP contribution in [0.4, 0.5) is 0 Å². The molecule has 18 valence electrons. The summed E-state index contributed by atoms with van der Waals surface area (Å²) < 4.78 is 7.83. The molecule has 0 aromatic rings. The van der Waals surface area contributed by atoms with Crippen molar-refractivity contribution in [3.8, 4) is 0 Å². The van der Waals surface area contributed by atoms with E-state index in [0.717, 1.165) is 0 Å². The van der Waals surface area contributed by atoms with E-state index < -0.39 is 0 Å². The second kappa shape index (κ2) is 34.3. The standard InChI is InChI=1S/Li.OS.P/c;1-2;. The first kappa shape index (κ1) is 19.7. The van der Waals surface area contributed by atoms with Gasteiger partial charge in [-0.1, -0.05) is 0 Å². The average Bonchev–Trinajstić information content (AvgIpc) is 1.00. The summed E-state index contributed by atoms with van der Waals surface area (Å²) in [5.41, 5.74) is 0. The Hall–Kier alpha value is 1.05. The van der Waals surface area contributed by atoms with Crippen LogP contribution in [0.25, 0.3) is 0 Å². The number of hydrogen-bond acceptors (Lipinski definition) is 2. The molecule has 0 N–H and O–H groups in total. The van der Waals surface area contributed by atoms with Crippen LogP contribution in [-0.4, -0.2) is 23.1 Å². The van der Waals surface area contributed by atoms with Crippen LogP contribution in [0, 0.1) is 0 Å². The van der Waals surface area contributed by atoms with E-state index in [2.05, 4.69) is 12.5 Å². The van der Waals surface area contributed by atoms with Gasteiger partial charge in [0.2, 0.25) is 0 Å². The molecule has 4 heavy (non-hydrogen) atoms. The Morgan fingerprint density at radius 3 is 1.25 bits per heavy atom. The summed E-state index contributed by atoms with van der Waals surface area (Å²) in [4.78, 5) is 0. The van der Waals surface area contributed by atoms with Gasteiger partial charge in [-0.15, -0.1) is 0 Å². The van der Waals surface area contributed by atoms with Crippen LogP contribution >= 0.6 is 9.90 Å². The smallest absolute Gasteiger partial charge is 0.197 e. The van der Waals surface area contributed by atoms with Crippen molar-refractivity contribution in [3.63, 3.8) is 0 Å². The van der Waals surface area contributed by atoms with Gasteiger partial charge < -0.3 is 0 Å². The van der Waals surface area contributed by atoms with E-state index in [1.165, 1.54) is 0 Å². The molecular weight excluding hydrogens is 86.0 g/mol. The fraction of sp³-hybridized carbons (Fsp3) is 0. The van der Waals surface area contributed by atoms with E-state index in [4.69, 9.17) is 4.21 Å². The maximum atomic E-state index is 7.83.